The quantitative estimate of drug-likeness (QED) is 0.683. The molecule has 0 saturated carbocycles. The van der Waals surface area contributed by atoms with Gasteiger partial charge in [0.05, 0.1) is 37.4 Å². The summed E-state index contributed by atoms with van der Waals surface area (Å²) in [7, 11) is 0. The molecule has 0 aromatic rings. The van der Waals surface area contributed by atoms with Crippen molar-refractivity contribution in [2.45, 2.75) is 37.2 Å². The molecule has 3 heterocycles. The average Bonchev–Trinajstić information content (AvgIpc) is 3.10. The number of likely N-dealkylation sites (tertiary alicyclic amines) is 1. The van der Waals surface area contributed by atoms with Gasteiger partial charge in [-0.1, -0.05) is 6.92 Å². The molecule has 0 radical (unpaired) electrons. The van der Waals surface area contributed by atoms with Gasteiger partial charge < -0.3 is 19.4 Å². The van der Waals surface area contributed by atoms with Crippen LogP contribution in [-0.4, -0.2) is 100.0 Å². The number of ether oxygens (including phenoxy) is 1. The SMILES string of the molecule is CCC(SC)C(=O)N1CC2(C1)CN(C(=O)[C@H]1CSCN1C(C)=O)CCO2. The molecule has 3 rings (SSSR count). The first-order valence-corrected chi connectivity index (χ1v) is 11.4. The van der Waals surface area contributed by atoms with Crippen molar-refractivity contribution in [3.05, 3.63) is 0 Å². The zero-order chi connectivity index (χ0) is 18.9. The minimum Gasteiger partial charge on any atom is -0.368 e. The topological polar surface area (TPSA) is 70.2 Å². The predicted octanol–water partition coefficient (Wildman–Crippen LogP) is 0.489. The second kappa shape index (κ2) is 7.98. The first-order valence-electron chi connectivity index (χ1n) is 9.00. The van der Waals surface area contributed by atoms with Crippen LogP contribution in [0.1, 0.15) is 20.3 Å². The number of hydrogen-bond donors (Lipinski definition) is 0. The Morgan fingerprint density at radius 1 is 1.27 bits per heavy atom. The van der Waals surface area contributed by atoms with Crippen LogP contribution in [-0.2, 0) is 19.1 Å². The van der Waals surface area contributed by atoms with Crippen LogP contribution in [0.4, 0.5) is 0 Å². The molecule has 0 aromatic heterocycles. The molecule has 3 aliphatic rings. The average molecular weight is 402 g/mol. The monoisotopic (exact) mass is 401 g/mol. The molecule has 3 aliphatic heterocycles. The lowest BCUT2D eigenvalue weighted by molar-refractivity contribution is -0.195. The number of morpholine rings is 1. The normalized spacial score (nSPS) is 26.0. The maximum absolute atomic E-state index is 12.9. The van der Waals surface area contributed by atoms with Crippen molar-refractivity contribution < 1.29 is 19.1 Å². The standard InChI is InChI=1S/C17H27N3O4S2/c1-4-14(25-3)16(23)19-9-17(10-19)8-18(5-6-24-17)15(22)13-7-26-11-20(13)12(2)21/h13-14H,4-11H2,1-3H3/t13-,14?/m1/s1. The van der Waals surface area contributed by atoms with Gasteiger partial charge in [0.1, 0.15) is 11.6 Å². The minimum atomic E-state index is -0.437. The van der Waals surface area contributed by atoms with Crippen molar-refractivity contribution >= 4 is 41.2 Å². The molecule has 2 atom stereocenters. The van der Waals surface area contributed by atoms with Gasteiger partial charge in [-0.05, 0) is 12.7 Å². The molecule has 0 aliphatic carbocycles. The van der Waals surface area contributed by atoms with E-state index in [1.54, 1.807) is 28.4 Å². The molecular formula is C17H27N3O4S2. The number of nitrogens with zero attached hydrogens (tertiary/aromatic N) is 3. The minimum absolute atomic E-state index is 0.00619. The van der Waals surface area contributed by atoms with Gasteiger partial charge in [-0.25, -0.2) is 0 Å². The van der Waals surface area contributed by atoms with E-state index in [0.29, 0.717) is 44.4 Å². The van der Waals surface area contributed by atoms with E-state index in [1.807, 2.05) is 23.0 Å². The summed E-state index contributed by atoms with van der Waals surface area (Å²) >= 11 is 3.19. The molecule has 3 fully saturated rings. The molecule has 146 valence electrons. The highest BCUT2D eigenvalue weighted by atomic mass is 32.2. The number of carbonyl (C=O) groups is 3. The molecule has 3 amide bonds. The van der Waals surface area contributed by atoms with Crippen molar-refractivity contribution in [2.24, 2.45) is 0 Å². The Balaban J connectivity index is 1.59. The highest BCUT2D eigenvalue weighted by Gasteiger charge is 2.51. The number of carbonyl (C=O) groups excluding carboxylic acids is 3. The Morgan fingerprint density at radius 3 is 2.58 bits per heavy atom. The van der Waals surface area contributed by atoms with E-state index < -0.39 is 5.60 Å². The Bertz CT molecular complexity index is 578. The van der Waals surface area contributed by atoms with E-state index in [9.17, 15) is 14.4 Å². The highest BCUT2D eigenvalue weighted by molar-refractivity contribution is 8.00. The molecule has 0 N–H and O–H groups in total. The van der Waals surface area contributed by atoms with Crippen LogP contribution < -0.4 is 0 Å². The van der Waals surface area contributed by atoms with Crippen molar-refractivity contribution in [3.63, 3.8) is 0 Å². The molecule has 7 nitrogen and oxygen atoms in total. The van der Waals surface area contributed by atoms with Crippen molar-refractivity contribution in [3.8, 4) is 0 Å². The van der Waals surface area contributed by atoms with E-state index in [0.717, 1.165) is 6.42 Å². The largest absolute Gasteiger partial charge is 0.368 e. The smallest absolute Gasteiger partial charge is 0.246 e. The van der Waals surface area contributed by atoms with Crippen LogP contribution in [0, 0.1) is 0 Å². The van der Waals surface area contributed by atoms with E-state index in [-0.39, 0.29) is 29.0 Å². The lowest BCUT2D eigenvalue weighted by Crippen LogP contribution is -2.72. The molecule has 3 saturated heterocycles. The van der Waals surface area contributed by atoms with E-state index >= 15 is 0 Å². The van der Waals surface area contributed by atoms with E-state index in [4.69, 9.17) is 4.74 Å². The molecule has 0 aromatic carbocycles. The Morgan fingerprint density at radius 2 is 1.96 bits per heavy atom. The summed E-state index contributed by atoms with van der Waals surface area (Å²) in [4.78, 5) is 42.5. The van der Waals surface area contributed by atoms with Crippen LogP contribution in [0.15, 0.2) is 0 Å². The van der Waals surface area contributed by atoms with E-state index in [2.05, 4.69) is 0 Å². The summed E-state index contributed by atoms with van der Waals surface area (Å²) < 4.78 is 5.97. The van der Waals surface area contributed by atoms with Gasteiger partial charge in [-0.2, -0.15) is 11.8 Å². The summed E-state index contributed by atoms with van der Waals surface area (Å²) in [6, 6.07) is -0.369. The first kappa shape index (κ1) is 19.8. The molecular weight excluding hydrogens is 374 g/mol. The highest BCUT2D eigenvalue weighted by Crippen LogP contribution is 2.32. The maximum Gasteiger partial charge on any atom is 0.246 e. The second-order valence-electron chi connectivity index (χ2n) is 7.12. The van der Waals surface area contributed by atoms with Crippen molar-refractivity contribution in [2.75, 3.05) is 50.7 Å². The number of hydrogen-bond acceptors (Lipinski definition) is 6. The third kappa shape index (κ3) is 3.71. The fourth-order valence-corrected chi connectivity index (χ4v) is 5.74. The van der Waals surface area contributed by atoms with Crippen molar-refractivity contribution in [1.29, 1.82) is 0 Å². The van der Waals surface area contributed by atoms with Crippen molar-refractivity contribution in [1.82, 2.24) is 14.7 Å². The van der Waals surface area contributed by atoms with Crippen LogP contribution in [0.5, 0.6) is 0 Å². The summed E-state index contributed by atoms with van der Waals surface area (Å²) in [6.45, 7) is 6.14. The van der Waals surface area contributed by atoms with Crippen LogP contribution in [0.2, 0.25) is 0 Å². The summed E-state index contributed by atoms with van der Waals surface area (Å²) in [5.41, 5.74) is -0.437. The molecule has 1 unspecified atom stereocenters. The molecule has 9 heteroatoms. The molecule has 1 spiro atoms. The lowest BCUT2D eigenvalue weighted by Gasteiger charge is -2.54. The number of rotatable bonds is 4. The Labute approximate surface area is 163 Å². The van der Waals surface area contributed by atoms with Gasteiger partial charge in [-0.3, -0.25) is 14.4 Å². The number of amides is 3. The first-order chi connectivity index (χ1) is 12.4. The van der Waals surface area contributed by atoms with E-state index in [1.165, 1.54) is 6.92 Å². The summed E-state index contributed by atoms with van der Waals surface area (Å²) in [5, 5.41) is -0.00619. The van der Waals surface area contributed by atoms with Gasteiger partial charge in [0.15, 0.2) is 0 Å². The molecule has 0 bridgehead atoms. The van der Waals surface area contributed by atoms with Gasteiger partial charge in [0, 0.05) is 19.2 Å². The fourth-order valence-electron chi connectivity index (χ4n) is 3.84. The van der Waals surface area contributed by atoms with Crippen LogP contribution in [0.25, 0.3) is 0 Å². The zero-order valence-corrected chi connectivity index (χ0v) is 17.2. The van der Waals surface area contributed by atoms with Gasteiger partial charge in [0.2, 0.25) is 17.7 Å². The zero-order valence-electron chi connectivity index (χ0n) is 15.6. The van der Waals surface area contributed by atoms with Gasteiger partial charge in [-0.15, -0.1) is 11.8 Å². The van der Waals surface area contributed by atoms with Gasteiger partial charge >= 0.3 is 0 Å². The summed E-state index contributed by atoms with van der Waals surface area (Å²) in [5.74, 6) is 1.34. The summed E-state index contributed by atoms with van der Waals surface area (Å²) in [6.07, 6.45) is 2.77. The third-order valence-electron chi connectivity index (χ3n) is 5.33. The second-order valence-corrected chi connectivity index (χ2v) is 9.16. The Kier molecular flexibility index (Phi) is 6.08. The predicted molar refractivity (Wildman–Crippen MR) is 103 cm³/mol. The number of thioether (sulfide) groups is 2. The molecule has 26 heavy (non-hydrogen) atoms. The van der Waals surface area contributed by atoms with Gasteiger partial charge in [0.25, 0.3) is 0 Å². The van der Waals surface area contributed by atoms with Crippen LogP contribution in [0.3, 0.4) is 0 Å². The lowest BCUT2D eigenvalue weighted by atomic mass is 9.91. The van der Waals surface area contributed by atoms with Crippen LogP contribution >= 0.6 is 23.5 Å². The third-order valence-corrected chi connectivity index (χ3v) is 7.45. The Hall–Kier alpha value is -0.930. The maximum atomic E-state index is 12.9. The fraction of sp³-hybridized carbons (Fsp3) is 0.824.